The van der Waals surface area contributed by atoms with E-state index in [2.05, 4.69) is 4.98 Å². The first-order valence-corrected chi connectivity index (χ1v) is 6.20. The third-order valence-corrected chi connectivity index (χ3v) is 3.73. The fourth-order valence-corrected chi connectivity index (χ4v) is 2.75. The molecular formula is C12H12ClN3O2. The zero-order valence-corrected chi connectivity index (χ0v) is 10.6. The number of fused-ring (bicyclic) bond motifs is 1. The Kier molecular flexibility index (Phi) is 2.52. The Morgan fingerprint density at radius 3 is 2.83 bits per heavy atom. The summed E-state index contributed by atoms with van der Waals surface area (Å²) in [5, 5.41) is 0.353. The topological polar surface area (TPSA) is 56.9 Å². The Balaban J connectivity index is 2.27. The van der Waals surface area contributed by atoms with E-state index in [0.29, 0.717) is 18.0 Å². The molecule has 0 aliphatic heterocycles. The molecule has 6 heteroatoms. The largest absolute Gasteiger partial charge is 0.329 e. The molecule has 2 aromatic rings. The van der Waals surface area contributed by atoms with Crippen molar-refractivity contribution in [2.75, 3.05) is 0 Å². The fraction of sp³-hybridized carbons (Fsp3) is 0.417. The lowest BCUT2D eigenvalue weighted by atomic mass is 10.2. The van der Waals surface area contributed by atoms with Gasteiger partial charge < -0.3 is 0 Å². The number of ketones is 1. The summed E-state index contributed by atoms with van der Waals surface area (Å²) >= 11 is 5.88. The molecule has 1 atom stereocenters. The zero-order chi connectivity index (χ0) is 12.9. The highest BCUT2D eigenvalue weighted by atomic mass is 35.5. The number of imidazole rings is 1. The van der Waals surface area contributed by atoms with Crippen molar-refractivity contribution in [3.05, 3.63) is 27.9 Å². The van der Waals surface area contributed by atoms with Gasteiger partial charge >= 0.3 is 5.69 Å². The molecule has 3 rings (SSSR count). The summed E-state index contributed by atoms with van der Waals surface area (Å²) in [5.74, 6) is 0.212. The van der Waals surface area contributed by atoms with Crippen LogP contribution in [0.3, 0.4) is 0 Å². The van der Waals surface area contributed by atoms with Gasteiger partial charge in [-0.1, -0.05) is 11.6 Å². The highest BCUT2D eigenvalue weighted by Crippen LogP contribution is 2.29. The summed E-state index contributed by atoms with van der Waals surface area (Å²) < 4.78 is 3.22. The lowest BCUT2D eigenvalue weighted by Crippen LogP contribution is -2.25. The van der Waals surface area contributed by atoms with Crippen LogP contribution in [-0.4, -0.2) is 19.9 Å². The highest BCUT2D eigenvalue weighted by Gasteiger charge is 2.27. The van der Waals surface area contributed by atoms with E-state index in [1.165, 1.54) is 0 Å². The number of aromatic nitrogens is 3. The summed E-state index contributed by atoms with van der Waals surface area (Å²) in [6, 6.07) is 1.63. The van der Waals surface area contributed by atoms with Gasteiger partial charge in [-0.3, -0.25) is 13.9 Å². The molecule has 1 saturated carbocycles. The second kappa shape index (κ2) is 3.95. The smallest absolute Gasteiger partial charge is 0.300 e. The molecule has 0 amide bonds. The van der Waals surface area contributed by atoms with Crippen molar-refractivity contribution < 1.29 is 4.79 Å². The van der Waals surface area contributed by atoms with E-state index in [-0.39, 0.29) is 17.5 Å². The molecule has 1 aliphatic carbocycles. The average Bonchev–Trinajstić information content (AvgIpc) is 2.84. The summed E-state index contributed by atoms with van der Waals surface area (Å²) in [7, 11) is 1.70. The van der Waals surface area contributed by atoms with E-state index < -0.39 is 0 Å². The van der Waals surface area contributed by atoms with Crippen molar-refractivity contribution in [2.24, 2.45) is 7.05 Å². The van der Waals surface area contributed by atoms with Gasteiger partial charge in [-0.15, -0.1) is 0 Å². The number of nitrogens with zero attached hydrogens (tertiary/aromatic N) is 3. The van der Waals surface area contributed by atoms with E-state index in [1.807, 2.05) is 0 Å². The predicted octanol–water partition coefficient (Wildman–Crippen LogP) is 1.68. The molecule has 1 fully saturated rings. The Labute approximate surface area is 108 Å². The van der Waals surface area contributed by atoms with E-state index in [4.69, 9.17) is 11.6 Å². The van der Waals surface area contributed by atoms with Crippen LogP contribution in [-0.2, 0) is 11.8 Å². The van der Waals surface area contributed by atoms with Gasteiger partial charge in [0, 0.05) is 32.0 Å². The minimum absolute atomic E-state index is 0.0489. The van der Waals surface area contributed by atoms with Gasteiger partial charge in [-0.25, -0.2) is 9.78 Å². The first kappa shape index (κ1) is 11.5. The molecule has 0 N–H and O–H groups in total. The number of rotatable bonds is 1. The Hall–Kier alpha value is -1.62. The molecule has 0 unspecified atom stereocenters. The fourth-order valence-electron chi connectivity index (χ4n) is 2.60. The van der Waals surface area contributed by atoms with Crippen molar-refractivity contribution in [2.45, 2.75) is 25.3 Å². The first-order chi connectivity index (χ1) is 8.58. The molecular weight excluding hydrogens is 254 g/mol. The van der Waals surface area contributed by atoms with Crippen LogP contribution in [0.2, 0.25) is 5.15 Å². The van der Waals surface area contributed by atoms with Crippen LogP contribution in [0.1, 0.15) is 25.3 Å². The van der Waals surface area contributed by atoms with Crippen LogP contribution in [0.5, 0.6) is 0 Å². The quantitative estimate of drug-likeness (QED) is 0.737. The number of pyridine rings is 1. The van der Waals surface area contributed by atoms with E-state index in [1.54, 1.807) is 28.4 Å². The highest BCUT2D eigenvalue weighted by molar-refractivity contribution is 6.29. The lowest BCUT2D eigenvalue weighted by Gasteiger charge is -2.10. The third-order valence-electron chi connectivity index (χ3n) is 3.53. The molecule has 0 bridgehead atoms. The van der Waals surface area contributed by atoms with Crippen molar-refractivity contribution in [3.8, 4) is 0 Å². The summed E-state index contributed by atoms with van der Waals surface area (Å²) in [5.41, 5.74) is 1.37. The van der Waals surface area contributed by atoms with Gasteiger partial charge in [0.05, 0.1) is 17.2 Å². The average molecular weight is 266 g/mol. The number of hydrogen-bond acceptors (Lipinski definition) is 3. The summed E-state index contributed by atoms with van der Waals surface area (Å²) in [6.07, 6.45) is 3.29. The van der Waals surface area contributed by atoms with Crippen molar-refractivity contribution in [1.82, 2.24) is 14.1 Å². The summed E-state index contributed by atoms with van der Waals surface area (Å²) in [6.45, 7) is 0. The molecule has 0 saturated heterocycles. The van der Waals surface area contributed by atoms with E-state index >= 15 is 0 Å². The number of carbonyl (C=O) groups is 1. The first-order valence-electron chi connectivity index (χ1n) is 5.82. The van der Waals surface area contributed by atoms with Crippen LogP contribution in [0.25, 0.3) is 11.0 Å². The molecule has 2 heterocycles. The molecule has 2 aromatic heterocycles. The van der Waals surface area contributed by atoms with Gasteiger partial charge in [0.2, 0.25) is 0 Å². The Morgan fingerprint density at radius 1 is 1.39 bits per heavy atom. The van der Waals surface area contributed by atoms with Gasteiger partial charge in [-0.2, -0.15) is 0 Å². The van der Waals surface area contributed by atoms with Gasteiger partial charge in [0.1, 0.15) is 10.9 Å². The SMILES string of the molecule is Cn1c(=O)n([C@@H]2CCC(=O)C2)c2cc(Cl)ncc21. The number of carbonyl (C=O) groups excluding carboxylic acids is 1. The maximum atomic E-state index is 12.2. The molecule has 94 valence electrons. The Bertz CT molecular complexity index is 701. The maximum Gasteiger partial charge on any atom is 0.329 e. The lowest BCUT2D eigenvalue weighted by molar-refractivity contribution is -0.117. The normalized spacial score (nSPS) is 19.9. The molecule has 18 heavy (non-hydrogen) atoms. The standard InChI is InChI=1S/C12H12ClN3O2/c1-15-10-6-14-11(13)5-9(10)16(12(15)18)7-2-3-8(17)4-7/h5-7H,2-4H2,1H3/t7-/m1/s1. The van der Waals surface area contributed by atoms with Gasteiger partial charge in [-0.05, 0) is 6.42 Å². The molecule has 0 aromatic carbocycles. The van der Waals surface area contributed by atoms with Crippen LogP contribution >= 0.6 is 11.6 Å². The van der Waals surface area contributed by atoms with Crippen LogP contribution in [0, 0.1) is 0 Å². The van der Waals surface area contributed by atoms with E-state index in [9.17, 15) is 9.59 Å². The number of aryl methyl sites for hydroxylation is 1. The van der Waals surface area contributed by atoms with Crippen molar-refractivity contribution >= 4 is 28.4 Å². The number of Topliss-reactive ketones (excluding diaryl/α,β-unsaturated/α-hetero) is 1. The molecule has 0 spiro atoms. The second-order valence-electron chi connectivity index (χ2n) is 4.64. The summed E-state index contributed by atoms with van der Waals surface area (Å²) in [4.78, 5) is 27.6. The molecule has 1 aliphatic rings. The molecule has 5 nitrogen and oxygen atoms in total. The van der Waals surface area contributed by atoms with Gasteiger partial charge in [0.25, 0.3) is 0 Å². The number of halogens is 1. The van der Waals surface area contributed by atoms with Crippen molar-refractivity contribution in [1.29, 1.82) is 0 Å². The van der Waals surface area contributed by atoms with Crippen LogP contribution in [0.4, 0.5) is 0 Å². The monoisotopic (exact) mass is 265 g/mol. The van der Waals surface area contributed by atoms with E-state index in [0.717, 1.165) is 17.5 Å². The molecule has 0 radical (unpaired) electrons. The van der Waals surface area contributed by atoms with Gasteiger partial charge in [0.15, 0.2) is 0 Å². The zero-order valence-electron chi connectivity index (χ0n) is 9.89. The minimum atomic E-state index is -0.117. The number of hydrogen-bond donors (Lipinski definition) is 0. The maximum absolute atomic E-state index is 12.2. The van der Waals surface area contributed by atoms with Crippen LogP contribution < -0.4 is 5.69 Å². The minimum Gasteiger partial charge on any atom is -0.300 e. The van der Waals surface area contributed by atoms with Crippen LogP contribution in [0.15, 0.2) is 17.1 Å². The Morgan fingerprint density at radius 2 is 2.17 bits per heavy atom. The second-order valence-corrected chi connectivity index (χ2v) is 5.03. The van der Waals surface area contributed by atoms with Crippen molar-refractivity contribution in [3.63, 3.8) is 0 Å². The predicted molar refractivity (Wildman–Crippen MR) is 67.9 cm³/mol. The third kappa shape index (κ3) is 1.58.